The molecule has 0 radical (unpaired) electrons. The summed E-state index contributed by atoms with van der Waals surface area (Å²) in [5, 5.41) is 14.3. The van der Waals surface area contributed by atoms with Gasteiger partial charge in [-0.15, -0.1) is 0 Å². The van der Waals surface area contributed by atoms with Gasteiger partial charge in [-0.25, -0.2) is 0 Å². The normalized spacial score (nSPS) is 34.0. The molecule has 0 aliphatic heterocycles. The van der Waals surface area contributed by atoms with Crippen molar-refractivity contribution in [3.63, 3.8) is 0 Å². The number of nitro benzene ring substituents is 1. The quantitative estimate of drug-likeness (QED) is 0.220. The van der Waals surface area contributed by atoms with Crippen LogP contribution in [0.3, 0.4) is 0 Å². The van der Waals surface area contributed by atoms with Crippen LogP contribution in [-0.2, 0) is 5.41 Å². The van der Waals surface area contributed by atoms with Gasteiger partial charge in [0.05, 0.1) is 10.5 Å². The zero-order valence-electron chi connectivity index (χ0n) is 20.1. The Morgan fingerprint density at radius 3 is 2.19 bits per heavy atom. The van der Waals surface area contributed by atoms with E-state index in [1.807, 2.05) is 24.3 Å². The molecule has 0 aromatic heterocycles. The van der Waals surface area contributed by atoms with Gasteiger partial charge in [-0.2, -0.15) is 0 Å². The molecule has 36 heavy (non-hydrogen) atoms. The van der Waals surface area contributed by atoms with Gasteiger partial charge in [0.2, 0.25) is 0 Å². The van der Waals surface area contributed by atoms with Crippen LogP contribution in [0.25, 0.3) is 33.0 Å². The molecule has 3 heteroatoms. The fourth-order valence-corrected chi connectivity index (χ4v) is 10.6. The van der Waals surface area contributed by atoms with E-state index in [4.69, 9.17) is 0 Å². The largest absolute Gasteiger partial charge is 0.277 e. The molecule has 4 unspecified atom stereocenters. The first-order valence-corrected chi connectivity index (χ1v) is 13.5. The van der Waals surface area contributed by atoms with Gasteiger partial charge in [0.15, 0.2) is 0 Å². The van der Waals surface area contributed by atoms with Crippen LogP contribution in [0.5, 0.6) is 0 Å². The van der Waals surface area contributed by atoms with Crippen LogP contribution in [0.1, 0.15) is 43.2 Å². The molecular formula is C33H27NO2. The van der Waals surface area contributed by atoms with Crippen LogP contribution in [0.15, 0.2) is 78.9 Å². The second-order valence-corrected chi connectivity index (χ2v) is 12.3. The van der Waals surface area contributed by atoms with Gasteiger partial charge in [0.25, 0.3) is 5.69 Å². The Morgan fingerprint density at radius 1 is 0.694 bits per heavy atom. The molecule has 3 nitrogen and oxygen atoms in total. The van der Waals surface area contributed by atoms with E-state index in [9.17, 15) is 10.1 Å². The molecule has 0 N–H and O–H groups in total. The molecule has 2 spiro atoms. The monoisotopic (exact) mass is 469 g/mol. The van der Waals surface area contributed by atoms with Crippen molar-refractivity contribution in [3.05, 3.63) is 100 Å². The maximum absolute atomic E-state index is 12.3. The van der Waals surface area contributed by atoms with Gasteiger partial charge in [-0.3, -0.25) is 10.1 Å². The minimum Gasteiger partial charge on any atom is -0.258 e. The van der Waals surface area contributed by atoms with Crippen molar-refractivity contribution in [2.24, 2.45) is 29.1 Å². The zero-order valence-corrected chi connectivity index (χ0v) is 20.1. The average molecular weight is 470 g/mol. The van der Waals surface area contributed by atoms with Gasteiger partial charge < -0.3 is 0 Å². The Labute approximate surface area is 210 Å². The van der Waals surface area contributed by atoms with Gasteiger partial charge in [-0.05, 0) is 106 Å². The Hall–Kier alpha value is -3.46. The molecule has 176 valence electrons. The first-order valence-electron chi connectivity index (χ1n) is 13.5. The summed E-state index contributed by atoms with van der Waals surface area (Å²) in [6, 6.07) is 27.4. The first-order chi connectivity index (χ1) is 17.6. The van der Waals surface area contributed by atoms with Crippen molar-refractivity contribution in [1.29, 1.82) is 0 Å². The van der Waals surface area contributed by atoms with Gasteiger partial charge in [-0.1, -0.05) is 66.7 Å². The summed E-state index contributed by atoms with van der Waals surface area (Å²) in [6.07, 6.45) is 7.04. The van der Waals surface area contributed by atoms with Crippen molar-refractivity contribution in [1.82, 2.24) is 0 Å². The fraction of sp³-hybridized carbons (Fsp3) is 0.333. The number of benzene rings is 4. The molecule has 3 bridgehead atoms. The SMILES string of the molecule is O=[N+]([O-])c1ccc2ccccc2c1-c1cccc2c1-c1ccccc1C21C2CC3CC4CC1C2(C3)C4. The van der Waals surface area contributed by atoms with Crippen LogP contribution in [0.4, 0.5) is 5.69 Å². The number of fused-ring (bicyclic) bond motifs is 10. The third kappa shape index (κ3) is 2.00. The topological polar surface area (TPSA) is 43.1 Å². The molecule has 0 saturated heterocycles. The summed E-state index contributed by atoms with van der Waals surface area (Å²) in [6.45, 7) is 0. The number of hydrogen-bond acceptors (Lipinski definition) is 2. The molecule has 9 rings (SSSR count). The lowest BCUT2D eigenvalue weighted by Gasteiger charge is -2.64. The number of nitro groups is 1. The number of hydrogen-bond donors (Lipinski definition) is 0. The maximum atomic E-state index is 12.3. The minimum absolute atomic E-state index is 0.0885. The third-order valence-corrected chi connectivity index (χ3v) is 11.2. The summed E-state index contributed by atoms with van der Waals surface area (Å²) in [4.78, 5) is 12.1. The second-order valence-electron chi connectivity index (χ2n) is 12.3. The van der Waals surface area contributed by atoms with E-state index in [-0.39, 0.29) is 16.0 Å². The highest BCUT2D eigenvalue weighted by molar-refractivity contribution is 6.06. The van der Waals surface area contributed by atoms with Crippen molar-refractivity contribution in [2.75, 3.05) is 0 Å². The molecule has 5 aliphatic carbocycles. The summed E-state index contributed by atoms with van der Waals surface area (Å²) in [7, 11) is 0. The van der Waals surface area contributed by atoms with Crippen LogP contribution < -0.4 is 0 Å². The lowest BCUT2D eigenvalue weighted by atomic mass is 9.38. The van der Waals surface area contributed by atoms with Gasteiger partial charge in [0.1, 0.15) is 0 Å². The molecule has 4 fully saturated rings. The summed E-state index contributed by atoms with van der Waals surface area (Å²) in [5.74, 6) is 3.23. The molecular weight excluding hydrogens is 442 g/mol. The van der Waals surface area contributed by atoms with E-state index >= 15 is 0 Å². The second kappa shape index (κ2) is 6.26. The van der Waals surface area contributed by atoms with Crippen molar-refractivity contribution < 1.29 is 4.92 Å². The lowest BCUT2D eigenvalue weighted by Crippen LogP contribution is -2.62. The molecule has 0 heterocycles. The molecule has 0 amide bonds. The highest BCUT2D eigenvalue weighted by Gasteiger charge is 2.79. The molecule has 4 aromatic rings. The van der Waals surface area contributed by atoms with Crippen LogP contribution in [0, 0.1) is 39.2 Å². The zero-order chi connectivity index (χ0) is 23.8. The van der Waals surface area contributed by atoms with Crippen molar-refractivity contribution in [3.8, 4) is 22.3 Å². The molecule has 4 saturated carbocycles. The molecule has 5 aliphatic rings. The first kappa shape index (κ1) is 19.7. The lowest BCUT2D eigenvalue weighted by molar-refractivity contribution is -0.384. The van der Waals surface area contributed by atoms with Crippen molar-refractivity contribution >= 4 is 16.5 Å². The minimum atomic E-state index is -0.201. The van der Waals surface area contributed by atoms with Crippen LogP contribution in [0.2, 0.25) is 0 Å². The Kier molecular flexibility index (Phi) is 3.43. The van der Waals surface area contributed by atoms with Gasteiger partial charge in [0, 0.05) is 11.5 Å². The van der Waals surface area contributed by atoms with E-state index in [1.54, 1.807) is 6.07 Å². The maximum Gasteiger partial charge on any atom is 0.277 e. The van der Waals surface area contributed by atoms with E-state index in [2.05, 4.69) is 48.5 Å². The Balaban J connectivity index is 1.38. The number of nitrogens with zero attached hydrogens (tertiary/aromatic N) is 1. The molecule has 4 aromatic carbocycles. The van der Waals surface area contributed by atoms with E-state index < -0.39 is 0 Å². The highest BCUT2D eigenvalue weighted by Crippen LogP contribution is 2.85. The summed E-state index contributed by atoms with van der Waals surface area (Å²) < 4.78 is 0. The summed E-state index contributed by atoms with van der Waals surface area (Å²) >= 11 is 0. The predicted octanol–water partition coefficient (Wildman–Crippen LogP) is 8.14. The third-order valence-electron chi connectivity index (χ3n) is 11.2. The van der Waals surface area contributed by atoms with Crippen LogP contribution >= 0.6 is 0 Å². The van der Waals surface area contributed by atoms with E-state index in [0.29, 0.717) is 17.3 Å². The number of rotatable bonds is 2. The highest BCUT2D eigenvalue weighted by atomic mass is 16.6. The van der Waals surface area contributed by atoms with Crippen LogP contribution in [-0.4, -0.2) is 4.92 Å². The average Bonchev–Trinajstić information content (AvgIpc) is 3.43. The van der Waals surface area contributed by atoms with E-state index in [0.717, 1.165) is 33.7 Å². The van der Waals surface area contributed by atoms with Gasteiger partial charge >= 0.3 is 0 Å². The smallest absolute Gasteiger partial charge is 0.258 e. The predicted molar refractivity (Wildman–Crippen MR) is 142 cm³/mol. The fourth-order valence-electron chi connectivity index (χ4n) is 10.6. The molecule has 4 atom stereocenters. The van der Waals surface area contributed by atoms with Crippen molar-refractivity contribution in [2.45, 2.75) is 37.5 Å². The van der Waals surface area contributed by atoms with E-state index in [1.165, 1.54) is 54.4 Å². The standard InChI is InChI=1S/C33H27NO2/c35-34(36)27-13-12-21-6-1-2-7-22(21)31(27)24-9-5-11-26-30(24)23-8-3-4-10-25(23)33(26)28-15-19-14-20-16-29(33)32(28,17-19)18-20/h1-13,19-20,28-29H,14-18H2. The Bertz CT molecular complexity index is 1630. The summed E-state index contributed by atoms with van der Waals surface area (Å²) in [5.41, 5.74) is 8.16. The Morgan fingerprint density at radius 2 is 1.39 bits per heavy atom.